The van der Waals surface area contributed by atoms with Gasteiger partial charge in [0.15, 0.2) is 0 Å². The number of amides is 2. The topological polar surface area (TPSA) is 65.1 Å². The third-order valence-electron chi connectivity index (χ3n) is 5.50. The maximum Gasteiger partial charge on any atom is 0.238 e. The predicted molar refractivity (Wildman–Crippen MR) is 110 cm³/mol. The standard InChI is InChI=1S/C21H32N4O3/c1-16-12-17(2)21(18(3)13-16)22-19(26)14-23-4-6-25(7-5-23)20(27)15-24-8-10-28-11-9-24/h12-13H,4-11,14-15H2,1-3H3,(H,22,26). The zero-order valence-electron chi connectivity index (χ0n) is 17.3. The number of aryl methyl sites for hydroxylation is 3. The van der Waals surface area contributed by atoms with Gasteiger partial charge in [-0.05, 0) is 31.9 Å². The average Bonchev–Trinajstić information content (AvgIpc) is 2.66. The first-order chi connectivity index (χ1) is 13.4. The van der Waals surface area contributed by atoms with Crippen molar-refractivity contribution in [3.05, 3.63) is 28.8 Å². The SMILES string of the molecule is Cc1cc(C)c(NC(=O)CN2CCN(C(=O)CN3CCOCC3)CC2)c(C)c1. The van der Waals surface area contributed by atoms with Crippen molar-refractivity contribution in [2.45, 2.75) is 20.8 Å². The molecule has 2 fully saturated rings. The van der Waals surface area contributed by atoms with Crippen molar-refractivity contribution in [3.63, 3.8) is 0 Å². The second-order valence-corrected chi connectivity index (χ2v) is 7.87. The molecule has 2 amide bonds. The van der Waals surface area contributed by atoms with E-state index in [1.54, 1.807) is 0 Å². The summed E-state index contributed by atoms with van der Waals surface area (Å²) in [6.45, 7) is 12.8. The number of morpholine rings is 1. The highest BCUT2D eigenvalue weighted by molar-refractivity contribution is 5.93. The lowest BCUT2D eigenvalue weighted by Gasteiger charge is -2.36. The number of carbonyl (C=O) groups excluding carboxylic acids is 2. The summed E-state index contributed by atoms with van der Waals surface area (Å²) in [5.74, 6) is 0.181. The van der Waals surface area contributed by atoms with Crippen LogP contribution < -0.4 is 5.32 Å². The Morgan fingerprint density at radius 3 is 2.07 bits per heavy atom. The molecule has 2 aliphatic heterocycles. The number of nitrogens with zero attached hydrogens (tertiary/aromatic N) is 3. The number of carbonyl (C=O) groups is 2. The molecule has 7 heteroatoms. The van der Waals surface area contributed by atoms with Gasteiger partial charge in [-0.15, -0.1) is 0 Å². The van der Waals surface area contributed by atoms with Gasteiger partial charge in [0.05, 0.1) is 26.3 Å². The Balaban J connectivity index is 1.43. The minimum absolute atomic E-state index is 0.00291. The lowest BCUT2D eigenvalue weighted by molar-refractivity contribution is -0.135. The molecule has 154 valence electrons. The predicted octanol–water partition coefficient (Wildman–Crippen LogP) is 1.03. The number of hydrogen-bond acceptors (Lipinski definition) is 5. The number of ether oxygens (including phenoxy) is 1. The van der Waals surface area contributed by atoms with Crippen LogP contribution in [0, 0.1) is 20.8 Å². The highest BCUT2D eigenvalue weighted by atomic mass is 16.5. The second-order valence-electron chi connectivity index (χ2n) is 7.87. The van der Waals surface area contributed by atoms with Crippen molar-refractivity contribution < 1.29 is 14.3 Å². The summed E-state index contributed by atoms with van der Waals surface area (Å²) in [6, 6.07) is 4.17. The zero-order chi connectivity index (χ0) is 20.1. The molecule has 2 saturated heterocycles. The molecule has 0 unspecified atom stereocenters. The Labute approximate surface area is 167 Å². The smallest absolute Gasteiger partial charge is 0.238 e. The molecule has 2 aliphatic rings. The van der Waals surface area contributed by atoms with Gasteiger partial charge in [-0.2, -0.15) is 0 Å². The Kier molecular flexibility index (Phi) is 7.04. The van der Waals surface area contributed by atoms with E-state index in [0.717, 1.165) is 43.0 Å². The number of nitrogens with one attached hydrogen (secondary N) is 1. The Morgan fingerprint density at radius 2 is 1.46 bits per heavy atom. The molecule has 0 spiro atoms. The first kappa shape index (κ1) is 20.8. The summed E-state index contributed by atoms with van der Waals surface area (Å²) in [7, 11) is 0. The highest BCUT2D eigenvalue weighted by Crippen LogP contribution is 2.21. The maximum atomic E-state index is 12.5. The third kappa shape index (κ3) is 5.53. The third-order valence-corrected chi connectivity index (χ3v) is 5.50. The van der Waals surface area contributed by atoms with Crippen LogP contribution in [-0.4, -0.2) is 92.1 Å². The summed E-state index contributed by atoms with van der Waals surface area (Å²) >= 11 is 0. The number of rotatable bonds is 5. The first-order valence-electron chi connectivity index (χ1n) is 10.1. The van der Waals surface area contributed by atoms with Crippen molar-refractivity contribution in [1.82, 2.24) is 14.7 Å². The van der Waals surface area contributed by atoms with Gasteiger partial charge < -0.3 is 15.0 Å². The summed E-state index contributed by atoms with van der Waals surface area (Å²) in [5.41, 5.74) is 4.29. The molecular weight excluding hydrogens is 356 g/mol. The van der Waals surface area contributed by atoms with Gasteiger partial charge in [0.2, 0.25) is 11.8 Å². The van der Waals surface area contributed by atoms with Crippen LogP contribution in [0.1, 0.15) is 16.7 Å². The molecule has 28 heavy (non-hydrogen) atoms. The van der Waals surface area contributed by atoms with Crippen LogP contribution in [0.4, 0.5) is 5.69 Å². The fourth-order valence-corrected chi connectivity index (χ4v) is 3.97. The molecule has 0 aromatic heterocycles. The summed E-state index contributed by atoms with van der Waals surface area (Å²) in [6.07, 6.45) is 0. The zero-order valence-corrected chi connectivity index (χ0v) is 17.3. The molecule has 0 bridgehead atoms. The van der Waals surface area contributed by atoms with Gasteiger partial charge in [0, 0.05) is 45.0 Å². The van der Waals surface area contributed by atoms with Gasteiger partial charge in [0.1, 0.15) is 0 Å². The van der Waals surface area contributed by atoms with Gasteiger partial charge in [0.25, 0.3) is 0 Å². The molecule has 1 aromatic carbocycles. The van der Waals surface area contributed by atoms with Gasteiger partial charge in [-0.3, -0.25) is 19.4 Å². The normalized spacial score (nSPS) is 18.9. The molecule has 0 radical (unpaired) electrons. The quantitative estimate of drug-likeness (QED) is 0.816. The van der Waals surface area contributed by atoms with Crippen LogP contribution in [0.25, 0.3) is 0 Å². The summed E-state index contributed by atoms with van der Waals surface area (Å²) in [4.78, 5) is 31.2. The first-order valence-corrected chi connectivity index (χ1v) is 10.1. The lowest BCUT2D eigenvalue weighted by atomic mass is 10.1. The van der Waals surface area contributed by atoms with Crippen LogP contribution in [0.2, 0.25) is 0 Å². The van der Waals surface area contributed by atoms with Crippen molar-refractivity contribution in [2.24, 2.45) is 0 Å². The molecule has 2 heterocycles. The number of piperazine rings is 1. The van der Waals surface area contributed by atoms with Crippen molar-refractivity contribution in [1.29, 1.82) is 0 Å². The van der Waals surface area contributed by atoms with E-state index in [0.29, 0.717) is 39.4 Å². The minimum atomic E-state index is 0.00291. The van der Waals surface area contributed by atoms with Gasteiger partial charge in [-0.25, -0.2) is 0 Å². The lowest BCUT2D eigenvalue weighted by Crippen LogP contribution is -2.53. The Hall–Kier alpha value is -1.96. The molecular formula is C21H32N4O3. The van der Waals surface area contributed by atoms with Crippen LogP contribution in [0.15, 0.2) is 12.1 Å². The summed E-state index contributed by atoms with van der Waals surface area (Å²) < 4.78 is 5.33. The van der Waals surface area contributed by atoms with Gasteiger partial charge in [-0.1, -0.05) is 17.7 Å². The van der Waals surface area contributed by atoms with E-state index in [9.17, 15) is 9.59 Å². The fraction of sp³-hybridized carbons (Fsp3) is 0.619. The van der Waals surface area contributed by atoms with Crippen molar-refractivity contribution in [2.75, 3.05) is 70.9 Å². The molecule has 3 rings (SSSR count). The Morgan fingerprint density at radius 1 is 0.893 bits per heavy atom. The molecule has 1 aromatic rings. The largest absolute Gasteiger partial charge is 0.379 e. The maximum absolute atomic E-state index is 12.5. The Bertz CT molecular complexity index is 685. The number of benzene rings is 1. The van der Waals surface area contributed by atoms with E-state index >= 15 is 0 Å². The van der Waals surface area contributed by atoms with Crippen LogP contribution >= 0.6 is 0 Å². The van der Waals surface area contributed by atoms with Crippen LogP contribution in [0.3, 0.4) is 0 Å². The average molecular weight is 389 g/mol. The molecule has 0 saturated carbocycles. The van der Waals surface area contributed by atoms with Crippen molar-refractivity contribution in [3.8, 4) is 0 Å². The number of hydrogen-bond donors (Lipinski definition) is 1. The van der Waals surface area contributed by atoms with Gasteiger partial charge >= 0.3 is 0 Å². The molecule has 7 nitrogen and oxygen atoms in total. The monoisotopic (exact) mass is 388 g/mol. The van der Waals surface area contributed by atoms with Crippen molar-refractivity contribution >= 4 is 17.5 Å². The molecule has 0 atom stereocenters. The van der Waals surface area contributed by atoms with Crippen LogP contribution in [-0.2, 0) is 14.3 Å². The molecule has 0 aliphatic carbocycles. The summed E-state index contributed by atoms with van der Waals surface area (Å²) in [5, 5.41) is 3.06. The van der Waals surface area contributed by atoms with Crippen LogP contribution in [0.5, 0.6) is 0 Å². The highest BCUT2D eigenvalue weighted by Gasteiger charge is 2.24. The number of anilines is 1. The van der Waals surface area contributed by atoms with E-state index in [1.807, 2.05) is 18.7 Å². The molecule has 1 N–H and O–H groups in total. The van der Waals surface area contributed by atoms with E-state index < -0.39 is 0 Å². The van der Waals surface area contributed by atoms with E-state index in [1.165, 1.54) is 5.56 Å². The minimum Gasteiger partial charge on any atom is -0.379 e. The van der Waals surface area contributed by atoms with E-state index in [-0.39, 0.29) is 11.8 Å². The fourth-order valence-electron chi connectivity index (χ4n) is 3.97. The van der Waals surface area contributed by atoms with E-state index in [2.05, 4.69) is 34.2 Å². The van der Waals surface area contributed by atoms with E-state index in [4.69, 9.17) is 4.74 Å². The second kappa shape index (κ2) is 9.49.